The smallest absolute Gasteiger partial charge is 0.372 e. The average Bonchev–Trinajstić information content (AvgIpc) is 3.31. The monoisotopic (exact) mass is 434 g/mol. The van der Waals surface area contributed by atoms with Crippen LogP contribution in [0.1, 0.15) is 48.4 Å². The number of aromatic nitrogens is 1. The van der Waals surface area contributed by atoms with Crippen LogP contribution in [0, 0.1) is 0 Å². The highest BCUT2D eigenvalue weighted by molar-refractivity contribution is 6.22. The Bertz CT molecular complexity index is 1240. The number of amides is 2. The molecule has 0 radical (unpaired) electrons. The number of imide groups is 1. The molecule has 0 unspecified atom stereocenters. The van der Waals surface area contributed by atoms with E-state index in [1.54, 1.807) is 49.4 Å². The number of nitrogens with zero attached hydrogens (tertiary/aromatic N) is 2. The summed E-state index contributed by atoms with van der Waals surface area (Å²) in [6.45, 7) is 1.60. The van der Waals surface area contributed by atoms with Crippen molar-refractivity contribution in [3.63, 3.8) is 0 Å². The van der Waals surface area contributed by atoms with E-state index in [1.807, 2.05) is 0 Å². The second-order valence-corrected chi connectivity index (χ2v) is 7.04. The van der Waals surface area contributed by atoms with Crippen LogP contribution in [-0.4, -0.2) is 46.0 Å². The Morgan fingerprint density at radius 3 is 2.12 bits per heavy atom. The zero-order chi connectivity index (χ0) is 22.8. The molecule has 0 spiro atoms. The molecule has 2 amide bonds. The van der Waals surface area contributed by atoms with Gasteiger partial charge in [-0.1, -0.05) is 42.5 Å². The van der Waals surface area contributed by atoms with Crippen LogP contribution in [0.3, 0.4) is 0 Å². The van der Waals surface area contributed by atoms with Crippen molar-refractivity contribution in [1.29, 1.82) is 0 Å². The van der Waals surface area contributed by atoms with Crippen LogP contribution >= 0.6 is 0 Å². The van der Waals surface area contributed by atoms with Gasteiger partial charge in [0.2, 0.25) is 0 Å². The molecule has 1 atom stereocenters. The number of rotatable bonds is 6. The standard InChI is InChI=1S/C23H18N2O7/c1-2-31-22(29)17-13-24(32-23(17)30)21(28)18(12-14-8-4-3-5-9-14)25-19(26)15-10-6-7-11-16(15)20(25)27/h3-11,13,18H,2,12H2,1H3/t18-/m1/s1. The molecular weight excluding hydrogens is 416 g/mol. The molecule has 0 saturated carbocycles. The summed E-state index contributed by atoms with van der Waals surface area (Å²) in [5, 5.41) is 0. The second kappa shape index (κ2) is 8.46. The molecule has 162 valence electrons. The van der Waals surface area contributed by atoms with Gasteiger partial charge in [0, 0.05) is 6.42 Å². The van der Waals surface area contributed by atoms with Crippen LogP contribution in [0.4, 0.5) is 0 Å². The number of carbonyl (C=O) groups is 4. The summed E-state index contributed by atoms with van der Waals surface area (Å²) in [6.07, 6.45) is 0.903. The number of carbonyl (C=O) groups excluding carboxylic acids is 4. The molecule has 0 N–H and O–H groups in total. The maximum absolute atomic E-state index is 13.4. The van der Waals surface area contributed by atoms with E-state index in [-0.39, 0.29) is 24.2 Å². The number of esters is 1. The summed E-state index contributed by atoms with van der Waals surface area (Å²) in [5.74, 6) is -3.04. The van der Waals surface area contributed by atoms with E-state index >= 15 is 0 Å². The molecule has 9 heteroatoms. The topological polar surface area (TPSA) is 116 Å². The van der Waals surface area contributed by atoms with Gasteiger partial charge in [-0.3, -0.25) is 19.3 Å². The Morgan fingerprint density at radius 1 is 0.938 bits per heavy atom. The fraction of sp³-hybridized carbons (Fsp3) is 0.174. The molecule has 2 heterocycles. The minimum Gasteiger partial charge on any atom is -0.462 e. The summed E-state index contributed by atoms with van der Waals surface area (Å²) in [5.41, 5.74) is -0.463. The first-order chi connectivity index (χ1) is 15.4. The van der Waals surface area contributed by atoms with Gasteiger partial charge in [0.05, 0.1) is 23.9 Å². The predicted molar refractivity (Wildman–Crippen MR) is 110 cm³/mol. The van der Waals surface area contributed by atoms with Gasteiger partial charge in [-0.25, -0.2) is 9.59 Å². The van der Waals surface area contributed by atoms with Gasteiger partial charge in [-0.05, 0) is 24.6 Å². The van der Waals surface area contributed by atoms with Gasteiger partial charge >= 0.3 is 11.6 Å². The second-order valence-electron chi connectivity index (χ2n) is 7.04. The molecule has 1 aliphatic rings. The maximum Gasteiger partial charge on any atom is 0.372 e. The van der Waals surface area contributed by atoms with Crippen molar-refractivity contribution < 1.29 is 28.4 Å². The molecule has 2 aromatic carbocycles. The third kappa shape index (κ3) is 3.64. The van der Waals surface area contributed by atoms with E-state index in [0.29, 0.717) is 10.3 Å². The van der Waals surface area contributed by atoms with Crippen molar-refractivity contribution in [3.05, 3.63) is 93.5 Å². The molecule has 1 aliphatic heterocycles. The first kappa shape index (κ1) is 21.0. The maximum atomic E-state index is 13.4. The Labute approximate surface area is 181 Å². The largest absolute Gasteiger partial charge is 0.462 e. The van der Waals surface area contributed by atoms with E-state index in [4.69, 9.17) is 9.26 Å². The third-order valence-electron chi connectivity index (χ3n) is 5.05. The van der Waals surface area contributed by atoms with Gasteiger partial charge < -0.3 is 9.26 Å². The van der Waals surface area contributed by atoms with Gasteiger partial charge in [0.15, 0.2) is 5.56 Å². The van der Waals surface area contributed by atoms with Crippen molar-refractivity contribution in [3.8, 4) is 0 Å². The predicted octanol–water partition coefficient (Wildman–Crippen LogP) is 2.17. The molecule has 0 fully saturated rings. The molecule has 4 rings (SSSR count). The van der Waals surface area contributed by atoms with Gasteiger partial charge in [-0.15, -0.1) is 4.74 Å². The summed E-state index contributed by atoms with van der Waals surface area (Å²) in [7, 11) is 0. The van der Waals surface area contributed by atoms with E-state index in [1.165, 1.54) is 12.1 Å². The third-order valence-corrected chi connectivity index (χ3v) is 5.05. The zero-order valence-electron chi connectivity index (χ0n) is 17.0. The van der Waals surface area contributed by atoms with Crippen molar-refractivity contribution in [2.24, 2.45) is 0 Å². The molecule has 0 saturated heterocycles. The van der Waals surface area contributed by atoms with Crippen LogP contribution in [0.25, 0.3) is 0 Å². The highest BCUT2D eigenvalue weighted by atomic mass is 16.5. The number of benzene rings is 2. The van der Waals surface area contributed by atoms with Gasteiger partial charge in [0.25, 0.3) is 17.7 Å². The van der Waals surface area contributed by atoms with Gasteiger partial charge in [-0.2, -0.15) is 0 Å². The highest BCUT2D eigenvalue weighted by Gasteiger charge is 2.43. The van der Waals surface area contributed by atoms with Gasteiger partial charge in [0.1, 0.15) is 6.04 Å². The summed E-state index contributed by atoms with van der Waals surface area (Å²) >= 11 is 0. The van der Waals surface area contributed by atoms with Crippen LogP contribution in [0.5, 0.6) is 0 Å². The lowest BCUT2D eigenvalue weighted by Crippen LogP contribution is -2.48. The Hall–Kier alpha value is -4.27. The number of hydrogen-bond donors (Lipinski definition) is 0. The van der Waals surface area contributed by atoms with Crippen LogP contribution < -0.4 is 5.63 Å². The molecule has 0 bridgehead atoms. The highest BCUT2D eigenvalue weighted by Crippen LogP contribution is 2.26. The molecule has 1 aromatic heterocycles. The van der Waals surface area contributed by atoms with E-state index in [9.17, 15) is 24.0 Å². The summed E-state index contributed by atoms with van der Waals surface area (Å²) in [6, 6.07) is 13.7. The van der Waals surface area contributed by atoms with Crippen LogP contribution in [0.2, 0.25) is 0 Å². The first-order valence-electron chi connectivity index (χ1n) is 9.87. The van der Waals surface area contributed by atoms with E-state index in [2.05, 4.69) is 0 Å². The minimum atomic E-state index is -1.31. The van der Waals surface area contributed by atoms with E-state index < -0.39 is 40.9 Å². The molecule has 0 aliphatic carbocycles. The number of hydrogen-bond acceptors (Lipinski definition) is 7. The minimum absolute atomic E-state index is 0.0121. The molecular formula is C23H18N2O7. The average molecular weight is 434 g/mol. The van der Waals surface area contributed by atoms with Crippen LogP contribution in [-0.2, 0) is 11.2 Å². The summed E-state index contributed by atoms with van der Waals surface area (Å²) in [4.78, 5) is 64.3. The lowest BCUT2D eigenvalue weighted by Gasteiger charge is -2.24. The SMILES string of the molecule is CCOC(=O)c1cn(C(=O)[C@@H](Cc2ccccc2)N2C(=O)c3ccccc3C2=O)oc1=O. The van der Waals surface area contributed by atoms with E-state index in [0.717, 1.165) is 11.1 Å². The Balaban J connectivity index is 1.74. The Morgan fingerprint density at radius 2 is 1.53 bits per heavy atom. The number of ether oxygens (including phenoxy) is 1. The number of fused-ring (bicyclic) bond motifs is 1. The van der Waals surface area contributed by atoms with Crippen molar-refractivity contribution in [2.45, 2.75) is 19.4 Å². The zero-order valence-corrected chi connectivity index (χ0v) is 17.0. The summed E-state index contributed by atoms with van der Waals surface area (Å²) < 4.78 is 10.3. The van der Waals surface area contributed by atoms with Crippen molar-refractivity contribution in [2.75, 3.05) is 6.61 Å². The lowest BCUT2D eigenvalue weighted by molar-refractivity contribution is 0.0463. The quantitative estimate of drug-likeness (QED) is 0.431. The lowest BCUT2D eigenvalue weighted by atomic mass is 10.0. The Kier molecular flexibility index (Phi) is 5.55. The molecule has 32 heavy (non-hydrogen) atoms. The van der Waals surface area contributed by atoms with Crippen molar-refractivity contribution >= 4 is 23.7 Å². The molecule has 3 aromatic rings. The molecule has 9 nitrogen and oxygen atoms in total. The fourth-order valence-corrected chi connectivity index (χ4v) is 3.55. The van der Waals surface area contributed by atoms with Crippen LogP contribution in [0.15, 0.2) is 70.1 Å². The first-order valence-corrected chi connectivity index (χ1v) is 9.87. The normalized spacial score (nSPS) is 13.7. The van der Waals surface area contributed by atoms with Crippen molar-refractivity contribution in [1.82, 2.24) is 9.64 Å². The fourth-order valence-electron chi connectivity index (χ4n) is 3.55.